The molecule has 3 N–H and O–H groups in total. The molecule has 2 unspecified atom stereocenters. The molecule has 0 aromatic carbocycles. The second-order valence-electron chi connectivity index (χ2n) is 25.9. The highest BCUT2D eigenvalue weighted by molar-refractivity contribution is 7.47. The topological polar surface area (TPSA) is 237 Å². The summed E-state index contributed by atoms with van der Waals surface area (Å²) in [6.45, 7) is 9.44. The largest absolute Gasteiger partial charge is 0.472 e. The van der Waals surface area contributed by atoms with E-state index in [2.05, 4.69) is 41.5 Å². The molecule has 19 heteroatoms. The molecule has 0 aromatic rings. The Morgan fingerprint density at radius 1 is 0.307 bits per heavy atom. The maximum absolute atomic E-state index is 13.0. The first-order valence-corrected chi connectivity index (χ1v) is 39.0. The molecule has 0 amide bonds. The van der Waals surface area contributed by atoms with Crippen LogP contribution in [0.4, 0.5) is 0 Å². The lowest BCUT2D eigenvalue weighted by Crippen LogP contribution is -2.30. The van der Waals surface area contributed by atoms with Gasteiger partial charge in [-0.15, -0.1) is 0 Å². The first-order chi connectivity index (χ1) is 42.4. The summed E-state index contributed by atoms with van der Waals surface area (Å²) in [5, 5.41) is 10.6. The number of carbonyl (C=O) groups is 4. The zero-order chi connectivity index (χ0) is 65.0. The van der Waals surface area contributed by atoms with Crippen LogP contribution < -0.4 is 0 Å². The molecule has 0 fully saturated rings. The van der Waals surface area contributed by atoms with Gasteiger partial charge in [-0.2, -0.15) is 0 Å². The smallest absolute Gasteiger partial charge is 0.462 e. The van der Waals surface area contributed by atoms with Gasteiger partial charge in [0.15, 0.2) is 12.2 Å². The van der Waals surface area contributed by atoms with Crippen molar-refractivity contribution in [3.8, 4) is 0 Å². The second-order valence-corrected chi connectivity index (χ2v) is 28.8. The van der Waals surface area contributed by atoms with Crippen LogP contribution in [0.1, 0.15) is 350 Å². The number of hydrogen-bond donors (Lipinski definition) is 3. The third-order valence-electron chi connectivity index (χ3n) is 16.0. The van der Waals surface area contributed by atoms with Crippen LogP contribution >= 0.6 is 15.6 Å². The molecule has 5 atom stereocenters. The Morgan fingerprint density at radius 3 is 0.773 bits per heavy atom. The van der Waals surface area contributed by atoms with Gasteiger partial charge in [-0.1, -0.05) is 298 Å². The molecule has 0 radical (unpaired) electrons. The van der Waals surface area contributed by atoms with Crippen molar-refractivity contribution in [3.05, 3.63) is 0 Å². The number of hydrogen-bond acceptors (Lipinski definition) is 15. The Hall–Kier alpha value is -1.94. The van der Waals surface area contributed by atoms with E-state index in [1.54, 1.807) is 0 Å². The Morgan fingerprint density at radius 2 is 0.523 bits per heavy atom. The highest BCUT2D eigenvalue weighted by atomic mass is 31.2. The molecule has 0 heterocycles. The van der Waals surface area contributed by atoms with Crippen LogP contribution in [-0.4, -0.2) is 96.7 Å². The normalized spacial score (nSPS) is 14.2. The Kier molecular flexibility index (Phi) is 59.9. The third kappa shape index (κ3) is 62.8. The zero-order valence-electron chi connectivity index (χ0n) is 57.0. The molecular weight excluding hydrogens is 1160 g/mol. The Labute approximate surface area is 537 Å². The van der Waals surface area contributed by atoms with Crippen LogP contribution in [0.15, 0.2) is 0 Å². The summed E-state index contributed by atoms with van der Waals surface area (Å²) in [5.41, 5.74) is 0. The second kappa shape index (κ2) is 61.3. The van der Waals surface area contributed by atoms with Crippen LogP contribution in [0.25, 0.3) is 0 Å². The summed E-state index contributed by atoms with van der Waals surface area (Å²) in [4.78, 5) is 72.4. The molecule has 17 nitrogen and oxygen atoms in total. The monoisotopic (exact) mass is 1300 g/mol. The minimum Gasteiger partial charge on any atom is -0.462 e. The fraction of sp³-hybridized carbons (Fsp3) is 0.942. The van der Waals surface area contributed by atoms with Crippen LogP contribution in [0.5, 0.6) is 0 Å². The molecule has 522 valence electrons. The summed E-state index contributed by atoms with van der Waals surface area (Å²) in [6.07, 6.45) is 46.0. The first kappa shape index (κ1) is 86.1. The summed E-state index contributed by atoms with van der Waals surface area (Å²) in [6, 6.07) is 0. The maximum atomic E-state index is 13.0. The van der Waals surface area contributed by atoms with E-state index in [0.717, 1.165) is 95.8 Å². The minimum atomic E-state index is -4.95. The molecule has 0 spiro atoms. The maximum Gasteiger partial charge on any atom is 0.472 e. The summed E-state index contributed by atoms with van der Waals surface area (Å²) in [5.74, 6) is -0.689. The van der Waals surface area contributed by atoms with Gasteiger partial charge in [0.25, 0.3) is 0 Å². The first-order valence-electron chi connectivity index (χ1n) is 36.0. The van der Waals surface area contributed by atoms with Crippen molar-refractivity contribution < 1.29 is 80.2 Å². The molecular formula is C69H134O17P2. The van der Waals surface area contributed by atoms with E-state index < -0.39 is 97.5 Å². The van der Waals surface area contributed by atoms with Crippen molar-refractivity contribution in [1.29, 1.82) is 0 Å². The summed E-state index contributed by atoms with van der Waals surface area (Å²) >= 11 is 0. The zero-order valence-corrected chi connectivity index (χ0v) is 58.8. The van der Waals surface area contributed by atoms with Gasteiger partial charge in [0, 0.05) is 25.7 Å². The summed E-state index contributed by atoms with van der Waals surface area (Å²) in [7, 11) is -9.89. The molecule has 0 saturated heterocycles. The van der Waals surface area contributed by atoms with E-state index in [0.29, 0.717) is 31.6 Å². The van der Waals surface area contributed by atoms with Crippen molar-refractivity contribution in [2.24, 2.45) is 11.8 Å². The van der Waals surface area contributed by atoms with Gasteiger partial charge in [0.2, 0.25) is 0 Å². The molecule has 0 aliphatic heterocycles. The molecule has 0 aliphatic carbocycles. The van der Waals surface area contributed by atoms with Gasteiger partial charge >= 0.3 is 39.5 Å². The van der Waals surface area contributed by atoms with E-state index in [1.807, 2.05) is 0 Å². The fourth-order valence-corrected chi connectivity index (χ4v) is 12.0. The van der Waals surface area contributed by atoms with Crippen molar-refractivity contribution >= 4 is 39.5 Å². The average Bonchev–Trinajstić information content (AvgIpc) is 3.56. The predicted octanol–water partition coefficient (Wildman–Crippen LogP) is 19.6. The molecule has 0 aliphatic rings. The molecule has 0 saturated carbocycles. The fourth-order valence-electron chi connectivity index (χ4n) is 10.4. The number of phosphoric ester groups is 2. The van der Waals surface area contributed by atoms with Crippen molar-refractivity contribution in [3.63, 3.8) is 0 Å². The number of aliphatic hydroxyl groups is 1. The number of ether oxygens (including phenoxy) is 4. The Bertz CT molecular complexity index is 1720. The molecule has 0 rings (SSSR count). The van der Waals surface area contributed by atoms with E-state index >= 15 is 0 Å². The van der Waals surface area contributed by atoms with Crippen LogP contribution in [0.2, 0.25) is 0 Å². The van der Waals surface area contributed by atoms with E-state index in [9.17, 15) is 43.2 Å². The van der Waals surface area contributed by atoms with Crippen molar-refractivity contribution in [2.75, 3.05) is 39.6 Å². The van der Waals surface area contributed by atoms with Gasteiger partial charge in [-0.05, 0) is 37.5 Å². The highest BCUT2D eigenvalue weighted by Gasteiger charge is 2.30. The lowest BCUT2D eigenvalue weighted by atomic mass is 10.0. The van der Waals surface area contributed by atoms with Gasteiger partial charge in [-0.3, -0.25) is 37.3 Å². The van der Waals surface area contributed by atoms with Gasteiger partial charge in [0.05, 0.1) is 26.4 Å². The number of aliphatic hydroxyl groups excluding tert-OH is 1. The Balaban J connectivity index is 5.22. The SMILES string of the molecule is CCCCCCCCCCCCCCCCCCC(=O)O[C@H](COC(=O)CCCCCCCCCCCCCC(C)C)COP(=O)(O)OC[C@@H](O)COP(=O)(O)OC[C@@H](COC(=O)CCCCCCCCCCC)OC(=O)CCCCCCCCC(C)C. The molecule has 0 aromatic heterocycles. The van der Waals surface area contributed by atoms with Gasteiger partial charge in [-0.25, -0.2) is 9.13 Å². The number of rotatable bonds is 68. The number of esters is 4. The number of carbonyl (C=O) groups excluding carboxylic acids is 4. The lowest BCUT2D eigenvalue weighted by Gasteiger charge is -2.21. The third-order valence-corrected chi connectivity index (χ3v) is 17.9. The van der Waals surface area contributed by atoms with Gasteiger partial charge in [0.1, 0.15) is 19.3 Å². The number of unbranched alkanes of at least 4 members (excludes halogenated alkanes) is 38. The van der Waals surface area contributed by atoms with Crippen LogP contribution in [0.3, 0.4) is 0 Å². The average molecular weight is 1300 g/mol. The van der Waals surface area contributed by atoms with Crippen LogP contribution in [0, 0.1) is 11.8 Å². The number of phosphoric acid groups is 2. The standard InChI is InChI=1S/C69H134O17P2/c1-7-9-11-13-15-17-18-19-20-21-22-25-30-34-41-47-53-68(73)85-64(57-80-67(72)52-46-40-33-29-26-23-24-28-31-37-43-49-61(3)4)59-83-87(75,76)81-55-63(70)56-82-88(77,78)84-60-65(86-69(74)54-48-42-36-35-38-44-50-62(5)6)58-79-66(71)51-45-39-32-27-16-14-12-10-8-2/h61-65,70H,7-60H2,1-6H3,(H,75,76)(H,77,78)/t63-,64-,65-/m1/s1. The van der Waals surface area contributed by atoms with E-state index in [1.165, 1.54) is 167 Å². The summed E-state index contributed by atoms with van der Waals surface area (Å²) < 4.78 is 68.2. The lowest BCUT2D eigenvalue weighted by molar-refractivity contribution is -0.161. The van der Waals surface area contributed by atoms with E-state index in [4.69, 9.17) is 37.0 Å². The highest BCUT2D eigenvalue weighted by Crippen LogP contribution is 2.45. The van der Waals surface area contributed by atoms with E-state index in [-0.39, 0.29) is 25.7 Å². The predicted molar refractivity (Wildman–Crippen MR) is 354 cm³/mol. The quantitative estimate of drug-likeness (QED) is 0.0222. The van der Waals surface area contributed by atoms with Gasteiger partial charge < -0.3 is 33.8 Å². The minimum absolute atomic E-state index is 0.102. The van der Waals surface area contributed by atoms with Crippen molar-refractivity contribution in [2.45, 2.75) is 368 Å². The molecule has 0 bridgehead atoms. The van der Waals surface area contributed by atoms with Crippen molar-refractivity contribution in [1.82, 2.24) is 0 Å². The molecule has 88 heavy (non-hydrogen) atoms. The van der Waals surface area contributed by atoms with Crippen LogP contribution in [-0.2, 0) is 65.4 Å².